The smallest absolute Gasteiger partial charge is 0.306 e. The maximum absolute atomic E-state index is 10.9. The molecule has 3 nitrogen and oxygen atoms in total. The lowest BCUT2D eigenvalue weighted by molar-refractivity contribution is -0.140. The van der Waals surface area contributed by atoms with Crippen molar-refractivity contribution in [2.75, 3.05) is 13.7 Å². The number of carbonyl (C=O) groups excluding carboxylic acids is 1. The van der Waals surface area contributed by atoms with Gasteiger partial charge in [0.15, 0.2) is 0 Å². The van der Waals surface area contributed by atoms with E-state index in [1.165, 1.54) is 52.1 Å². The molecule has 0 saturated heterocycles. The topological polar surface area (TPSA) is 38.3 Å². The average molecular weight is 213 g/mol. The van der Waals surface area contributed by atoms with E-state index in [2.05, 4.69) is 10.1 Å². The van der Waals surface area contributed by atoms with Crippen molar-refractivity contribution in [3.63, 3.8) is 0 Å². The number of hydrogen-bond donors (Lipinski definition) is 1. The second-order valence-corrected chi connectivity index (χ2v) is 4.32. The van der Waals surface area contributed by atoms with Gasteiger partial charge in [0.1, 0.15) is 0 Å². The van der Waals surface area contributed by atoms with Crippen LogP contribution in [0.1, 0.15) is 51.4 Å². The summed E-state index contributed by atoms with van der Waals surface area (Å²) < 4.78 is 4.61. The molecule has 0 aromatic rings. The first-order valence-electron chi connectivity index (χ1n) is 6.13. The van der Waals surface area contributed by atoms with Crippen molar-refractivity contribution >= 4 is 5.97 Å². The van der Waals surface area contributed by atoms with E-state index in [1.807, 2.05) is 0 Å². The lowest BCUT2D eigenvalue weighted by Crippen LogP contribution is -2.31. The van der Waals surface area contributed by atoms with Crippen molar-refractivity contribution in [3.05, 3.63) is 0 Å². The second kappa shape index (κ2) is 7.69. The van der Waals surface area contributed by atoms with Gasteiger partial charge in [-0.15, -0.1) is 0 Å². The molecule has 0 bridgehead atoms. The second-order valence-electron chi connectivity index (χ2n) is 4.32. The van der Waals surface area contributed by atoms with E-state index in [-0.39, 0.29) is 5.97 Å². The van der Waals surface area contributed by atoms with Crippen LogP contribution in [0.15, 0.2) is 0 Å². The molecule has 1 aliphatic rings. The van der Waals surface area contributed by atoms with Gasteiger partial charge in [-0.05, 0) is 12.8 Å². The van der Waals surface area contributed by atoms with Gasteiger partial charge in [-0.1, -0.05) is 32.1 Å². The molecule has 1 rings (SSSR count). The Morgan fingerprint density at radius 2 is 1.80 bits per heavy atom. The minimum absolute atomic E-state index is 0.117. The Labute approximate surface area is 92.6 Å². The SMILES string of the molecule is COC(=O)CCNC1CCCCCCC1. The molecule has 0 radical (unpaired) electrons. The first-order valence-corrected chi connectivity index (χ1v) is 6.13. The lowest BCUT2D eigenvalue weighted by Gasteiger charge is -2.20. The fourth-order valence-corrected chi connectivity index (χ4v) is 2.14. The zero-order valence-electron chi connectivity index (χ0n) is 9.76. The molecule has 0 aromatic carbocycles. The molecule has 0 aliphatic heterocycles. The van der Waals surface area contributed by atoms with E-state index in [0.29, 0.717) is 12.5 Å². The van der Waals surface area contributed by atoms with Crippen molar-refractivity contribution in [1.29, 1.82) is 0 Å². The molecule has 3 heteroatoms. The van der Waals surface area contributed by atoms with Crippen molar-refractivity contribution in [2.45, 2.75) is 57.4 Å². The molecular formula is C12H23NO2. The monoisotopic (exact) mass is 213 g/mol. The summed E-state index contributed by atoms with van der Waals surface area (Å²) in [5.74, 6) is -0.117. The molecule has 0 atom stereocenters. The average Bonchev–Trinajstić information content (AvgIpc) is 2.20. The van der Waals surface area contributed by atoms with Crippen LogP contribution in [-0.2, 0) is 9.53 Å². The fraction of sp³-hybridized carbons (Fsp3) is 0.917. The molecule has 0 unspecified atom stereocenters. The first-order chi connectivity index (χ1) is 7.33. The van der Waals surface area contributed by atoms with Crippen LogP contribution in [-0.4, -0.2) is 25.7 Å². The zero-order valence-corrected chi connectivity index (χ0v) is 9.76. The molecular weight excluding hydrogens is 190 g/mol. The third kappa shape index (κ3) is 5.78. The summed E-state index contributed by atoms with van der Waals surface area (Å²) in [4.78, 5) is 10.9. The molecule has 0 spiro atoms. The molecule has 88 valence electrons. The molecule has 15 heavy (non-hydrogen) atoms. The Kier molecular flexibility index (Phi) is 6.41. The van der Waals surface area contributed by atoms with E-state index in [9.17, 15) is 4.79 Å². The maximum Gasteiger partial charge on any atom is 0.306 e. The molecule has 0 heterocycles. The number of nitrogens with one attached hydrogen (secondary N) is 1. The van der Waals surface area contributed by atoms with Crippen molar-refractivity contribution in [3.8, 4) is 0 Å². The third-order valence-electron chi connectivity index (χ3n) is 3.09. The van der Waals surface area contributed by atoms with Crippen LogP contribution in [0.4, 0.5) is 0 Å². The Morgan fingerprint density at radius 3 is 2.40 bits per heavy atom. The van der Waals surface area contributed by atoms with Crippen molar-refractivity contribution < 1.29 is 9.53 Å². The quantitative estimate of drug-likeness (QED) is 0.728. The summed E-state index contributed by atoms with van der Waals surface area (Å²) in [6, 6.07) is 0.620. The van der Waals surface area contributed by atoms with Gasteiger partial charge < -0.3 is 10.1 Å². The van der Waals surface area contributed by atoms with Gasteiger partial charge in [0.05, 0.1) is 13.5 Å². The Hall–Kier alpha value is -0.570. The highest BCUT2D eigenvalue weighted by atomic mass is 16.5. The summed E-state index contributed by atoms with van der Waals surface area (Å²) in [5.41, 5.74) is 0. The summed E-state index contributed by atoms with van der Waals surface area (Å²) in [6.45, 7) is 0.761. The highest BCUT2D eigenvalue weighted by Gasteiger charge is 2.10. The van der Waals surface area contributed by atoms with E-state index in [4.69, 9.17) is 0 Å². The minimum atomic E-state index is -0.117. The largest absolute Gasteiger partial charge is 0.469 e. The van der Waals surface area contributed by atoms with Crippen LogP contribution < -0.4 is 5.32 Å². The number of rotatable bonds is 4. The molecule has 0 aromatic heterocycles. The van der Waals surface area contributed by atoms with E-state index in [1.54, 1.807) is 0 Å². The zero-order chi connectivity index (χ0) is 10.9. The van der Waals surface area contributed by atoms with Crippen LogP contribution in [0.5, 0.6) is 0 Å². The standard InChI is InChI=1S/C12H23NO2/c1-15-12(14)9-10-13-11-7-5-3-2-4-6-8-11/h11,13H,2-10H2,1H3. The Balaban J connectivity index is 2.09. The van der Waals surface area contributed by atoms with Crippen LogP contribution in [0.2, 0.25) is 0 Å². The van der Waals surface area contributed by atoms with Gasteiger partial charge in [-0.25, -0.2) is 0 Å². The number of hydrogen-bond acceptors (Lipinski definition) is 3. The van der Waals surface area contributed by atoms with Gasteiger partial charge in [-0.3, -0.25) is 4.79 Å². The van der Waals surface area contributed by atoms with E-state index in [0.717, 1.165) is 6.54 Å². The molecule has 0 amide bonds. The van der Waals surface area contributed by atoms with Gasteiger partial charge in [0.2, 0.25) is 0 Å². The fourth-order valence-electron chi connectivity index (χ4n) is 2.14. The highest BCUT2D eigenvalue weighted by Crippen LogP contribution is 2.16. The third-order valence-corrected chi connectivity index (χ3v) is 3.09. The van der Waals surface area contributed by atoms with E-state index >= 15 is 0 Å². The maximum atomic E-state index is 10.9. The van der Waals surface area contributed by atoms with Crippen molar-refractivity contribution in [2.24, 2.45) is 0 Å². The predicted octanol–water partition coefficient (Wildman–Crippen LogP) is 2.25. The van der Waals surface area contributed by atoms with Crippen LogP contribution in [0.25, 0.3) is 0 Å². The highest BCUT2D eigenvalue weighted by molar-refractivity contribution is 5.69. The Morgan fingerprint density at radius 1 is 1.20 bits per heavy atom. The predicted molar refractivity (Wildman–Crippen MR) is 60.7 cm³/mol. The minimum Gasteiger partial charge on any atom is -0.469 e. The number of methoxy groups -OCH3 is 1. The molecule has 1 fully saturated rings. The number of ether oxygens (including phenoxy) is 1. The molecule has 1 N–H and O–H groups in total. The number of carbonyl (C=O) groups is 1. The normalized spacial score (nSPS) is 19.3. The summed E-state index contributed by atoms with van der Waals surface area (Å²) in [7, 11) is 1.44. The molecule has 1 saturated carbocycles. The lowest BCUT2D eigenvalue weighted by atomic mass is 9.97. The van der Waals surface area contributed by atoms with E-state index < -0.39 is 0 Å². The van der Waals surface area contributed by atoms with Gasteiger partial charge >= 0.3 is 5.97 Å². The van der Waals surface area contributed by atoms with Crippen LogP contribution in [0, 0.1) is 0 Å². The summed E-state index contributed by atoms with van der Waals surface area (Å²) >= 11 is 0. The van der Waals surface area contributed by atoms with Crippen LogP contribution in [0.3, 0.4) is 0 Å². The first kappa shape index (κ1) is 12.5. The summed E-state index contributed by atoms with van der Waals surface area (Å²) in [6.07, 6.45) is 9.82. The number of esters is 1. The molecule has 1 aliphatic carbocycles. The Bertz CT molecular complexity index is 174. The van der Waals surface area contributed by atoms with Gasteiger partial charge in [0.25, 0.3) is 0 Å². The van der Waals surface area contributed by atoms with Crippen LogP contribution >= 0.6 is 0 Å². The van der Waals surface area contributed by atoms with Gasteiger partial charge in [0, 0.05) is 12.6 Å². The summed E-state index contributed by atoms with van der Waals surface area (Å²) in [5, 5.41) is 3.45. The van der Waals surface area contributed by atoms with Gasteiger partial charge in [-0.2, -0.15) is 0 Å². The van der Waals surface area contributed by atoms with Crippen molar-refractivity contribution in [1.82, 2.24) is 5.32 Å².